The van der Waals surface area contributed by atoms with Gasteiger partial charge in [-0.3, -0.25) is 0 Å². The van der Waals surface area contributed by atoms with E-state index >= 15 is 0 Å². The molecule has 0 heterocycles. The number of nitrogens with one attached hydrogen (secondary N) is 1. The standard InChI is InChI=1S/C16H15ClN2/c1-12(15-7-2-3-8-16(15)17)19-11-14-6-4-5-13(9-14)10-18/h2-9,12,19H,11H2,1H3/t12-/m1/s1. The summed E-state index contributed by atoms with van der Waals surface area (Å²) < 4.78 is 0. The van der Waals surface area contributed by atoms with Crippen LogP contribution in [0.25, 0.3) is 0 Å². The van der Waals surface area contributed by atoms with Gasteiger partial charge in [0, 0.05) is 17.6 Å². The summed E-state index contributed by atoms with van der Waals surface area (Å²) in [6, 6.07) is 17.7. The van der Waals surface area contributed by atoms with Gasteiger partial charge in [0.2, 0.25) is 0 Å². The number of benzene rings is 2. The molecule has 0 aliphatic rings. The Morgan fingerprint density at radius 3 is 2.74 bits per heavy atom. The van der Waals surface area contributed by atoms with Crippen LogP contribution in [0.4, 0.5) is 0 Å². The summed E-state index contributed by atoms with van der Waals surface area (Å²) in [4.78, 5) is 0. The van der Waals surface area contributed by atoms with Crippen molar-refractivity contribution in [3.8, 4) is 6.07 Å². The fraction of sp³-hybridized carbons (Fsp3) is 0.188. The Kier molecular flexibility index (Phi) is 4.57. The first-order chi connectivity index (χ1) is 9.20. The number of nitrogens with zero attached hydrogens (tertiary/aromatic N) is 1. The van der Waals surface area contributed by atoms with E-state index in [0.29, 0.717) is 12.1 Å². The monoisotopic (exact) mass is 270 g/mol. The molecule has 2 rings (SSSR count). The van der Waals surface area contributed by atoms with Crippen LogP contribution in [0.1, 0.15) is 29.7 Å². The van der Waals surface area contributed by atoms with E-state index < -0.39 is 0 Å². The molecule has 0 unspecified atom stereocenters. The van der Waals surface area contributed by atoms with Crippen LogP contribution in [0.15, 0.2) is 48.5 Å². The molecule has 0 saturated heterocycles. The Morgan fingerprint density at radius 1 is 1.21 bits per heavy atom. The quantitative estimate of drug-likeness (QED) is 0.909. The molecule has 0 bridgehead atoms. The smallest absolute Gasteiger partial charge is 0.0991 e. The highest BCUT2D eigenvalue weighted by molar-refractivity contribution is 6.31. The first-order valence-corrected chi connectivity index (χ1v) is 6.55. The van der Waals surface area contributed by atoms with Crippen LogP contribution in [0, 0.1) is 11.3 Å². The molecule has 1 atom stereocenters. The molecular formula is C16H15ClN2. The molecule has 2 aromatic rings. The van der Waals surface area contributed by atoms with Gasteiger partial charge in [0.25, 0.3) is 0 Å². The minimum Gasteiger partial charge on any atom is -0.306 e. The summed E-state index contributed by atoms with van der Waals surface area (Å²) in [5, 5.41) is 13.1. The first-order valence-electron chi connectivity index (χ1n) is 6.17. The maximum atomic E-state index is 8.87. The minimum absolute atomic E-state index is 0.166. The molecule has 0 spiro atoms. The lowest BCUT2D eigenvalue weighted by molar-refractivity contribution is 0.575. The zero-order valence-corrected chi connectivity index (χ0v) is 11.5. The van der Waals surface area contributed by atoms with Crippen molar-refractivity contribution in [1.29, 1.82) is 5.26 Å². The predicted octanol–water partition coefficient (Wildman–Crippen LogP) is 4.06. The van der Waals surface area contributed by atoms with E-state index in [1.807, 2.05) is 42.5 Å². The molecule has 0 fully saturated rings. The highest BCUT2D eigenvalue weighted by atomic mass is 35.5. The van der Waals surface area contributed by atoms with Crippen molar-refractivity contribution in [1.82, 2.24) is 5.32 Å². The maximum absolute atomic E-state index is 8.87. The van der Waals surface area contributed by atoms with Crippen LogP contribution >= 0.6 is 11.6 Å². The number of halogens is 1. The van der Waals surface area contributed by atoms with Gasteiger partial charge in [-0.25, -0.2) is 0 Å². The molecule has 0 aliphatic carbocycles. The molecule has 96 valence electrons. The van der Waals surface area contributed by atoms with E-state index in [2.05, 4.69) is 18.3 Å². The van der Waals surface area contributed by atoms with Crippen LogP contribution in [-0.4, -0.2) is 0 Å². The average molecular weight is 271 g/mol. The van der Waals surface area contributed by atoms with E-state index in [-0.39, 0.29) is 6.04 Å². The summed E-state index contributed by atoms with van der Waals surface area (Å²) in [7, 11) is 0. The SMILES string of the molecule is C[C@@H](NCc1cccc(C#N)c1)c1ccccc1Cl. The normalized spacial score (nSPS) is 11.8. The van der Waals surface area contributed by atoms with Gasteiger partial charge >= 0.3 is 0 Å². The summed E-state index contributed by atoms with van der Waals surface area (Å²) >= 11 is 6.17. The Balaban J connectivity index is 2.03. The summed E-state index contributed by atoms with van der Waals surface area (Å²) in [6.45, 7) is 2.79. The van der Waals surface area contributed by atoms with Gasteiger partial charge in [0.15, 0.2) is 0 Å². The van der Waals surface area contributed by atoms with Crippen LogP contribution in [-0.2, 0) is 6.54 Å². The van der Waals surface area contributed by atoms with Crippen LogP contribution in [0.3, 0.4) is 0 Å². The van der Waals surface area contributed by atoms with Gasteiger partial charge in [-0.05, 0) is 36.2 Å². The molecule has 0 aliphatic heterocycles. The topological polar surface area (TPSA) is 35.8 Å². The molecule has 0 saturated carbocycles. The summed E-state index contributed by atoms with van der Waals surface area (Å²) in [5.74, 6) is 0. The second-order valence-electron chi connectivity index (χ2n) is 4.44. The van der Waals surface area contributed by atoms with Crippen molar-refractivity contribution in [2.75, 3.05) is 0 Å². The molecule has 3 heteroatoms. The third kappa shape index (κ3) is 3.57. The minimum atomic E-state index is 0.166. The number of hydrogen-bond donors (Lipinski definition) is 1. The van der Waals surface area contributed by atoms with Crippen LogP contribution in [0.2, 0.25) is 5.02 Å². The lowest BCUT2D eigenvalue weighted by atomic mass is 10.1. The molecule has 0 amide bonds. The van der Waals surface area contributed by atoms with Gasteiger partial charge in [-0.1, -0.05) is 41.9 Å². The van der Waals surface area contributed by atoms with Gasteiger partial charge in [0.1, 0.15) is 0 Å². The number of nitriles is 1. The van der Waals surface area contributed by atoms with Gasteiger partial charge in [-0.2, -0.15) is 5.26 Å². The lowest BCUT2D eigenvalue weighted by Crippen LogP contribution is -2.18. The summed E-state index contributed by atoms with van der Waals surface area (Å²) in [6.07, 6.45) is 0. The van der Waals surface area contributed by atoms with Crippen molar-refractivity contribution in [3.05, 3.63) is 70.2 Å². The van der Waals surface area contributed by atoms with Crippen molar-refractivity contribution in [2.24, 2.45) is 0 Å². The van der Waals surface area contributed by atoms with Gasteiger partial charge in [0.05, 0.1) is 11.6 Å². The van der Waals surface area contributed by atoms with Crippen LogP contribution in [0.5, 0.6) is 0 Å². The van der Waals surface area contributed by atoms with Crippen molar-refractivity contribution in [3.63, 3.8) is 0 Å². The first kappa shape index (κ1) is 13.6. The van der Waals surface area contributed by atoms with Gasteiger partial charge < -0.3 is 5.32 Å². The molecule has 2 nitrogen and oxygen atoms in total. The van der Waals surface area contributed by atoms with Gasteiger partial charge in [-0.15, -0.1) is 0 Å². The zero-order chi connectivity index (χ0) is 13.7. The van der Waals surface area contributed by atoms with Crippen molar-refractivity contribution in [2.45, 2.75) is 19.5 Å². The van der Waals surface area contributed by atoms with E-state index in [9.17, 15) is 0 Å². The third-order valence-electron chi connectivity index (χ3n) is 3.04. The van der Waals surface area contributed by atoms with E-state index in [0.717, 1.165) is 16.1 Å². The fourth-order valence-corrected chi connectivity index (χ4v) is 2.26. The molecular weight excluding hydrogens is 256 g/mol. The largest absolute Gasteiger partial charge is 0.306 e. The van der Waals surface area contributed by atoms with Crippen molar-refractivity contribution < 1.29 is 0 Å². The predicted molar refractivity (Wildman–Crippen MR) is 77.9 cm³/mol. The average Bonchev–Trinajstić information content (AvgIpc) is 2.45. The molecule has 0 radical (unpaired) electrons. The van der Waals surface area contributed by atoms with Crippen LogP contribution < -0.4 is 5.32 Å². The molecule has 2 aromatic carbocycles. The number of rotatable bonds is 4. The fourth-order valence-electron chi connectivity index (χ4n) is 1.96. The molecule has 0 aromatic heterocycles. The Hall–Kier alpha value is -1.82. The third-order valence-corrected chi connectivity index (χ3v) is 3.38. The second kappa shape index (κ2) is 6.38. The summed E-state index contributed by atoms with van der Waals surface area (Å²) in [5.41, 5.74) is 2.86. The Morgan fingerprint density at radius 2 is 2.00 bits per heavy atom. The highest BCUT2D eigenvalue weighted by Crippen LogP contribution is 2.22. The highest BCUT2D eigenvalue weighted by Gasteiger charge is 2.08. The number of hydrogen-bond acceptors (Lipinski definition) is 2. The lowest BCUT2D eigenvalue weighted by Gasteiger charge is -2.15. The molecule has 1 N–H and O–H groups in total. The van der Waals surface area contributed by atoms with Crippen molar-refractivity contribution >= 4 is 11.6 Å². The van der Waals surface area contributed by atoms with E-state index in [1.54, 1.807) is 6.07 Å². The maximum Gasteiger partial charge on any atom is 0.0991 e. The second-order valence-corrected chi connectivity index (χ2v) is 4.84. The molecule has 19 heavy (non-hydrogen) atoms. The van der Waals surface area contributed by atoms with E-state index in [4.69, 9.17) is 16.9 Å². The van der Waals surface area contributed by atoms with E-state index in [1.165, 1.54) is 0 Å². The Bertz CT molecular complexity index is 602. The zero-order valence-electron chi connectivity index (χ0n) is 10.7. The Labute approximate surface area is 118 Å².